The minimum Gasteiger partial charge on any atom is -0.385 e. The summed E-state index contributed by atoms with van der Waals surface area (Å²) in [6, 6.07) is 2.04. The van der Waals surface area contributed by atoms with Crippen LogP contribution < -0.4 is 0 Å². The fourth-order valence-corrected chi connectivity index (χ4v) is 3.39. The monoisotopic (exact) mass is 281 g/mol. The maximum absolute atomic E-state index is 12.2. The molecule has 2 rings (SSSR count). The van der Waals surface area contributed by atoms with Crippen molar-refractivity contribution < 1.29 is 9.53 Å². The maximum Gasteiger partial charge on any atom is 0.227 e. The van der Waals surface area contributed by atoms with Crippen LogP contribution in [0.1, 0.15) is 31.2 Å². The fraction of sp³-hybridized carbons (Fsp3) is 0.667. The highest BCUT2D eigenvalue weighted by atomic mass is 32.1. The zero-order valence-corrected chi connectivity index (χ0v) is 12.5. The average molecular weight is 281 g/mol. The Hall–Kier alpha value is -0.870. The highest BCUT2D eigenvalue weighted by Gasteiger charge is 2.23. The Labute approximate surface area is 119 Å². The largest absolute Gasteiger partial charge is 0.385 e. The Morgan fingerprint density at radius 2 is 2.47 bits per heavy atom. The van der Waals surface area contributed by atoms with Crippen LogP contribution in [0.4, 0.5) is 0 Å². The van der Waals surface area contributed by atoms with E-state index in [0.29, 0.717) is 12.3 Å². The second-order valence-corrected chi connectivity index (χ2v) is 6.07. The summed E-state index contributed by atoms with van der Waals surface area (Å²) in [6.45, 7) is 2.70. The molecule has 1 saturated heterocycles. The van der Waals surface area contributed by atoms with Gasteiger partial charge in [0.2, 0.25) is 5.91 Å². The molecule has 1 aliphatic heterocycles. The number of hydrogen-bond donors (Lipinski definition) is 0. The Morgan fingerprint density at radius 1 is 1.58 bits per heavy atom. The van der Waals surface area contributed by atoms with E-state index >= 15 is 0 Å². The van der Waals surface area contributed by atoms with E-state index in [0.717, 1.165) is 38.1 Å². The quantitative estimate of drug-likeness (QED) is 0.750. The highest BCUT2D eigenvalue weighted by Crippen LogP contribution is 2.22. The number of thiophene rings is 1. The molecule has 19 heavy (non-hydrogen) atoms. The van der Waals surface area contributed by atoms with E-state index in [2.05, 4.69) is 10.3 Å². The van der Waals surface area contributed by atoms with Crippen molar-refractivity contribution in [1.29, 1.82) is 0 Å². The first kappa shape index (κ1) is 14.5. The first-order valence-electron chi connectivity index (χ1n) is 7.07. The smallest absolute Gasteiger partial charge is 0.227 e. The van der Waals surface area contributed by atoms with Gasteiger partial charge in [0, 0.05) is 26.8 Å². The summed E-state index contributed by atoms with van der Waals surface area (Å²) in [6.07, 6.45) is 5.25. The fourth-order valence-electron chi connectivity index (χ4n) is 2.72. The number of ether oxygens (including phenoxy) is 1. The number of nitrogens with zero attached hydrogens (tertiary/aromatic N) is 1. The van der Waals surface area contributed by atoms with E-state index in [9.17, 15) is 4.79 Å². The van der Waals surface area contributed by atoms with Gasteiger partial charge in [0.05, 0.1) is 6.42 Å². The molecule has 1 aromatic heterocycles. The number of carbonyl (C=O) groups is 1. The SMILES string of the molecule is COCCCC1CCCN(C(=O)Cc2ccsc2)C1. The van der Waals surface area contributed by atoms with Gasteiger partial charge in [-0.2, -0.15) is 11.3 Å². The molecule has 106 valence electrons. The third-order valence-corrected chi connectivity index (χ3v) is 4.50. The minimum absolute atomic E-state index is 0.287. The lowest BCUT2D eigenvalue weighted by Crippen LogP contribution is -2.40. The predicted molar refractivity (Wildman–Crippen MR) is 78.4 cm³/mol. The van der Waals surface area contributed by atoms with Crippen LogP contribution in [0.5, 0.6) is 0 Å². The molecular formula is C15H23NO2S. The molecule has 3 nitrogen and oxygen atoms in total. The molecule has 0 saturated carbocycles. The molecule has 0 radical (unpaired) electrons. The van der Waals surface area contributed by atoms with E-state index in [1.165, 1.54) is 12.8 Å². The normalized spacial score (nSPS) is 19.6. The third-order valence-electron chi connectivity index (χ3n) is 3.77. The van der Waals surface area contributed by atoms with Crippen LogP contribution in [0.25, 0.3) is 0 Å². The second-order valence-electron chi connectivity index (χ2n) is 5.29. The van der Waals surface area contributed by atoms with Gasteiger partial charge in [-0.05, 0) is 54.0 Å². The molecule has 1 aliphatic rings. The first-order chi connectivity index (χ1) is 9.29. The van der Waals surface area contributed by atoms with Gasteiger partial charge in [0.1, 0.15) is 0 Å². The molecule has 2 heterocycles. The van der Waals surface area contributed by atoms with Gasteiger partial charge in [-0.15, -0.1) is 0 Å². The van der Waals surface area contributed by atoms with Crippen LogP contribution in [0.3, 0.4) is 0 Å². The summed E-state index contributed by atoms with van der Waals surface area (Å²) < 4.78 is 5.10. The molecule has 1 fully saturated rings. The zero-order valence-electron chi connectivity index (χ0n) is 11.6. The van der Waals surface area contributed by atoms with E-state index in [4.69, 9.17) is 4.74 Å². The van der Waals surface area contributed by atoms with Crippen LogP contribution in [0.15, 0.2) is 16.8 Å². The Kier molecular flexibility index (Phi) is 5.86. The number of methoxy groups -OCH3 is 1. The Bertz CT molecular complexity index is 378. The molecule has 0 aromatic carbocycles. The van der Waals surface area contributed by atoms with Gasteiger partial charge in [0.25, 0.3) is 0 Å². The summed E-state index contributed by atoms with van der Waals surface area (Å²) in [5.74, 6) is 0.949. The van der Waals surface area contributed by atoms with E-state index in [1.54, 1.807) is 18.4 Å². The van der Waals surface area contributed by atoms with Crippen molar-refractivity contribution in [3.63, 3.8) is 0 Å². The minimum atomic E-state index is 0.287. The molecule has 1 aromatic rings. The maximum atomic E-state index is 12.2. The number of rotatable bonds is 6. The third kappa shape index (κ3) is 4.62. The molecule has 1 unspecified atom stereocenters. The van der Waals surface area contributed by atoms with Gasteiger partial charge < -0.3 is 9.64 Å². The molecule has 0 N–H and O–H groups in total. The highest BCUT2D eigenvalue weighted by molar-refractivity contribution is 7.07. The Morgan fingerprint density at radius 3 is 3.21 bits per heavy atom. The summed E-state index contributed by atoms with van der Waals surface area (Å²) in [7, 11) is 1.75. The average Bonchev–Trinajstić information content (AvgIpc) is 2.92. The zero-order chi connectivity index (χ0) is 13.5. The lowest BCUT2D eigenvalue weighted by Gasteiger charge is -2.33. The van der Waals surface area contributed by atoms with Crippen LogP contribution in [-0.4, -0.2) is 37.6 Å². The number of amides is 1. The molecule has 1 amide bonds. The van der Waals surface area contributed by atoms with Crippen LogP contribution in [0.2, 0.25) is 0 Å². The standard InChI is InChI=1S/C15H23NO2S/c1-18-8-3-5-13-4-2-7-16(11-13)15(17)10-14-6-9-19-12-14/h6,9,12-13H,2-5,7-8,10-11H2,1H3. The van der Waals surface area contributed by atoms with Crippen molar-refractivity contribution in [2.24, 2.45) is 5.92 Å². The lowest BCUT2D eigenvalue weighted by atomic mass is 9.93. The molecule has 0 spiro atoms. The van der Waals surface area contributed by atoms with Gasteiger partial charge in [-0.25, -0.2) is 0 Å². The van der Waals surface area contributed by atoms with Crippen LogP contribution >= 0.6 is 11.3 Å². The predicted octanol–water partition coefficient (Wildman–Crippen LogP) is 2.96. The van der Waals surface area contributed by atoms with E-state index in [1.807, 2.05) is 11.4 Å². The van der Waals surface area contributed by atoms with Crippen molar-refractivity contribution in [2.45, 2.75) is 32.1 Å². The molecule has 4 heteroatoms. The molecular weight excluding hydrogens is 258 g/mol. The molecule has 0 aliphatic carbocycles. The summed E-state index contributed by atoms with van der Waals surface area (Å²) in [5, 5.41) is 4.10. The molecule has 1 atom stereocenters. The Balaban J connectivity index is 1.78. The van der Waals surface area contributed by atoms with Crippen LogP contribution in [0, 0.1) is 5.92 Å². The van der Waals surface area contributed by atoms with E-state index < -0.39 is 0 Å². The van der Waals surface area contributed by atoms with Gasteiger partial charge >= 0.3 is 0 Å². The second kappa shape index (κ2) is 7.65. The topological polar surface area (TPSA) is 29.5 Å². The van der Waals surface area contributed by atoms with Crippen molar-refractivity contribution in [3.05, 3.63) is 22.4 Å². The van der Waals surface area contributed by atoms with Gasteiger partial charge in [-0.3, -0.25) is 4.79 Å². The lowest BCUT2D eigenvalue weighted by molar-refractivity contribution is -0.132. The number of piperidine rings is 1. The van der Waals surface area contributed by atoms with Crippen LogP contribution in [-0.2, 0) is 16.0 Å². The van der Waals surface area contributed by atoms with Crippen molar-refractivity contribution in [1.82, 2.24) is 4.90 Å². The number of carbonyl (C=O) groups excluding carboxylic acids is 1. The van der Waals surface area contributed by atoms with Crippen molar-refractivity contribution in [2.75, 3.05) is 26.8 Å². The van der Waals surface area contributed by atoms with E-state index in [-0.39, 0.29) is 5.91 Å². The summed E-state index contributed by atoms with van der Waals surface area (Å²) in [4.78, 5) is 14.3. The number of likely N-dealkylation sites (tertiary alicyclic amines) is 1. The summed E-state index contributed by atoms with van der Waals surface area (Å²) >= 11 is 1.66. The van der Waals surface area contributed by atoms with Crippen molar-refractivity contribution >= 4 is 17.2 Å². The molecule has 0 bridgehead atoms. The summed E-state index contributed by atoms with van der Waals surface area (Å²) in [5.41, 5.74) is 1.15. The van der Waals surface area contributed by atoms with Gasteiger partial charge in [-0.1, -0.05) is 0 Å². The van der Waals surface area contributed by atoms with Crippen molar-refractivity contribution in [3.8, 4) is 0 Å². The first-order valence-corrected chi connectivity index (χ1v) is 8.01. The van der Waals surface area contributed by atoms with Gasteiger partial charge in [0.15, 0.2) is 0 Å². The number of hydrogen-bond acceptors (Lipinski definition) is 3.